The molecule has 0 saturated carbocycles. The Morgan fingerprint density at radius 2 is 2.21 bits per heavy atom. The minimum atomic E-state index is -0.364. The summed E-state index contributed by atoms with van der Waals surface area (Å²) in [6.07, 6.45) is 2.81. The van der Waals surface area contributed by atoms with Gasteiger partial charge < -0.3 is 15.0 Å². The molecule has 0 aliphatic heterocycles. The second-order valence-electron chi connectivity index (χ2n) is 4.25. The van der Waals surface area contributed by atoms with E-state index in [-0.39, 0.29) is 5.97 Å². The van der Waals surface area contributed by atoms with Crippen LogP contribution in [-0.2, 0) is 4.74 Å². The van der Waals surface area contributed by atoms with Gasteiger partial charge in [0.2, 0.25) is 0 Å². The zero-order valence-electron chi connectivity index (χ0n) is 12.0. The van der Waals surface area contributed by atoms with Gasteiger partial charge in [-0.3, -0.25) is 0 Å². The molecule has 0 atom stereocenters. The first-order valence-corrected chi connectivity index (χ1v) is 6.72. The maximum Gasteiger partial charge on any atom is 0.341 e. The Morgan fingerprint density at radius 3 is 2.84 bits per heavy atom. The molecule has 0 aliphatic rings. The third-order valence-electron chi connectivity index (χ3n) is 2.92. The van der Waals surface area contributed by atoms with Crippen molar-refractivity contribution in [1.29, 1.82) is 0 Å². The van der Waals surface area contributed by atoms with Crippen LogP contribution in [0.3, 0.4) is 0 Å². The summed E-state index contributed by atoms with van der Waals surface area (Å²) >= 11 is 0. The lowest BCUT2D eigenvalue weighted by atomic mass is 10.2. The molecule has 0 spiro atoms. The fraction of sp³-hybridized carbons (Fsp3) is 0.571. The molecule has 5 heteroatoms. The molecule has 106 valence electrons. The van der Waals surface area contributed by atoms with Crippen LogP contribution >= 0.6 is 0 Å². The molecule has 5 nitrogen and oxygen atoms in total. The van der Waals surface area contributed by atoms with Crippen LogP contribution in [0.4, 0.5) is 5.82 Å². The summed E-state index contributed by atoms with van der Waals surface area (Å²) in [4.78, 5) is 18.1. The molecular formula is C14H23N3O2. The SMILES string of the molecule is CCCN(CC)CCNc1ncccc1C(=O)OC. The van der Waals surface area contributed by atoms with Gasteiger partial charge in [0.25, 0.3) is 0 Å². The Bertz CT molecular complexity index is 396. The van der Waals surface area contributed by atoms with E-state index in [4.69, 9.17) is 4.74 Å². The standard InChI is InChI=1S/C14H23N3O2/c1-4-10-17(5-2)11-9-16-13-12(14(18)19-3)7-6-8-15-13/h6-8H,4-5,9-11H2,1-3H3,(H,15,16). The van der Waals surface area contributed by atoms with Crippen molar-refractivity contribution >= 4 is 11.8 Å². The molecule has 0 saturated heterocycles. The third kappa shape index (κ3) is 4.87. The van der Waals surface area contributed by atoms with E-state index in [9.17, 15) is 4.79 Å². The highest BCUT2D eigenvalue weighted by atomic mass is 16.5. The molecule has 1 aromatic rings. The van der Waals surface area contributed by atoms with E-state index in [1.807, 2.05) is 0 Å². The first-order valence-electron chi connectivity index (χ1n) is 6.72. The van der Waals surface area contributed by atoms with Crippen LogP contribution in [0.15, 0.2) is 18.3 Å². The molecule has 0 fully saturated rings. The molecule has 19 heavy (non-hydrogen) atoms. The zero-order valence-corrected chi connectivity index (χ0v) is 12.0. The van der Waals surface area contributed by atoms with Crippen molar-refractivity contribution in [3.8, 4) is 0 Å². The predicted molar refractivity (Wildman–Crippen MR) is 76.5 cm³/mol. The van der Waals surface area contributed by atoms with Crippen molar-refractivity contribution in [2.45, 2.75) is 20.3 Å². The van der Waals surface area contributed by atoms with Crippen LogP contribution in [0.2, 0.25) is 0 Å². The highest BCUT2D eigenvalue weighted by Gasteiger charge is 2.12. The maximum absolute atomic E-state index is 11.6. The van der Waals surface area contributed by atoms with E-state index in [1.165, 1.54) is 7.11 Å². The number of esters is 1. The van der Waals surface area contributed by atoms with Crippen molar-refractivity contribution < 1.29 is 9.53 Å². The number of pyridine rings is 1. The first-order chi connectivity index (χ1) is 9.22. The Hall–Kier alpha value is -1.62. The van der Waals surface area contributed by atoms with Crippen LogP contribution in [0.1, 0.15) is 30.6 Å². The number of carbonyl (C=O) groups excluding carboxylic acids is 1. The number of ether oxygens (including phenoxy) is 1. The molecule has 1 aromatic heterocycles. The molecule has 0 aliphatic carbocycles. The molecule has 0 aromatic carbocycles. The minimum Gasteiger partial charge on any atom is -0.465 e. The number of hydrogen-bond donors (Lipinski definition) is 1. The largest absolute Gasteiger partial charge is 0.465 e. The molecule has 1 N–H and O–H groups in total. The van der Waals surface area contributed by atoms with Crippen molar-refractivity contribution in [1.82, 2.24) is 9.88 Å². The van der Waals surface area contributed by atoms with Crippen molar-refractivity contribution in [3.63, 3.8) is 0 Å². The van der Waals surface area contributed by atoms with Crippen LogP contribution in [0.25, 0.3) is 0 Å². The fourth-order valence-corrected chi connectivity index (χ4v) is 1.90. The van der Waals surface area contributed by atoms with Crippen LogP contribution < -0.4 is 5.32 Å². The molecule has 1 rings (SSSR count). The second kappa shape index (κ2) is 8.48. The smallest absolute Gasteiger partial charge is 0.341 e. The Balaban J connectivity index is 2.55. The molecule has 0 amide bonds. The Morgan fingerprint density at radius 1 is 1.42 bits per heavy atom. The normalized spacial score (nSPS) is 10.5. The summed E-state index contributed by atoms with van der Waals surface area (Å²) in [5.74, 6) is 0.221. The number of likely N-dealkylation sites (N-methyl/N-ethyl adjacent to an activating group) is 1. The second-order valence-corrected chi connectivity index (χ2v) is 4.25. The number of hydrogen-bond acceptors (Lipinski definition) is 5. The zero-order chi connectivity index (χ0) is 14.1. The van der Waals surface area contributed by atoms with E-state index in [0.29, 0.717) is 11.4 Å². The average molecular weight is 265 g/mol. The minimum absolute atomic E-state index is 0.364. The molecule has 0 radical (unpaired) electrons. The third-order valence-corrected chi connectivity index (χ3v) is 2.92. The predicted octanol–water partition coefficient (Wildman–Crippen LogP) is 2.01. The summed E-state index contributed by atoms with van der Waals surface area (Å²) < 4.78 is 4.73. The number of anilines is 1. The fourth-order valence-electron chi connectivity index (χ4n) is 1.90. The Labute approximate surface area is 115 Å². The Kier molecular flexibility index (Phi) is 6.89. The number of aromatic nitrogens is 1. The molecular weight excluding hydrogens is 242 g/mol. The van der Waals surface area contributed by atoms with Gasteiger partial charge in [-0.05, 0) is 31.6 Å². The lowest BCUT2D eigenvalue weighted by molar-refractivity contribution is 0.0601. The van der Waals surface area contributed by atoms with E-state index in [1.54, 1.807) is 18.3 Å². The van der Waals surface area contributed by atoms with E-state index < -0.39 is 0 Å². The summed E-state index contributed by atoms with van der Waals surface area (Å²) in [7, 11) is 1.37. The molecule has 0 bridgehead atoms. The van der Waals surface area contributed by atoms with E-state index >= 15 is 0 Å². The van der Waals surface area contributed by atoms with Crippen LogP contribution in [-0.4, -0.2) is 49.1 Å². The number of nitrogens with zero attached hydrogens (tertiary/aromatic N) is 2. The van der Waals surface area contributed by atoms with Gasteiger partial charge in [-0.2, -0.15) is 0 Å². The highest BCUT2D eigenvalue weighted by molar-refractivity contribution is 5.94. The van der Waals surface area contributed by atoms with Gasteiger partial charge in [-0.25, -0.2) is 9.78 Å². The van der Waals surface area contributed by atoms with Gasteiger partial charge >= 0.3 is 5.97 Å². The molecule has 0 unspecified atom stereocenters. The van der Waals surface area contributed by atoms with Crippen molar-refractivity contribution in [3.05, 3.63) is 23.9 Å². The van der Waals surface area contributed by atoms with Crippen molar-refractivity contribution in [2.75, 3.05) is 38.6 Å². The van der Waals surface area contributed by atoms with Crippen molar-refractivity contribution in [2.24, 2.45) is 0 Å². The topological polar surface area (TPSA) is 54.5 Å². The van der Waals surface area contributed by atoms with Gasteiger partial charge in [-0.15, -0.1) is 0 Å². The summed E-state index contributed by atoms with van der Waals surface area (Å²) in [6.45, 7) is 8.13. The quantitative estimate of drug-likeness (QED) is 0.729. The summed E-state index contributed by atoms with van der Waals surface area (Å²) in [5, 5.41) is 3.20. The first kappa shape index (κ1) is 15.4. The lowest BCUT2D eigenvalue weighted by Gasteiger charge is -2.20. The summed E-state index contributed by atoms with van der Waals surface area (Å²) in [6, 6.07) is 3.44. The van der Waals surface area contributed by atoms with Gasteiger partial charge in [-0.1, -0.05) is 13.8 Å². The van der Waals surface area contributed by atoms with Gasteiger partial charge in [0.1, 0.15) is 11.4 Å². The number of methoxy groups -OCH3 is 1. The lowest BCUT2D eigenvalue weighted by Crippen LogP contribution is -2.30. The van der Waals surface area contributed by atoms with Gasteiger partial charge in [0.05, 0.1) is 7.11 Å². The number of nitrogens with one attached hydrogen (secondary N) is 1. The van der Waals surface area contributed by atoms with E-state index in [0.717, 1.165) is 32.6 Å². The molecule has 1 heterocycles. The van der Waals surface area contributed by atoms with Crippen LogP contribution in [0.5, 0.6) is 0 Å². The summed E-state index contributed by atoms with van der Waals surface area (Å²) in [5.41, 5.74) is 0.475. The number of carbonyl (C=O) groups is 1. The number of rotatable bonds is 8. The van der Waals surface area contributed by atoms with E-state index in [2.05, 4.69) is 29.0 Å². The average Bonchev–Trinajstić information content (AvgIpc) is 2.46. The highest BCUT2D eigenvalue weighted by Crippen LogP contribution is 2.12. The van der Waals surface area contributed by atoms with Crippen LogP contribution in [0, 0.1) is 0 Å². The van der Waals surface area contributed by atoms with Gasteiger partial charge in [0.15, 0.2) is 0 Å². The van der Waals surface area contributed by atoms with Gasteiger partial charge in [0, 0.05) is 19.3 Å². The monoisotopic (exact) mass is 265 g/mol. The maximum atomic E-state index is 11.6.